The summed E-state index contributed by atoms with van der Waals surface area (Å²) in [6.07, 6.45) is 0. The molecule has 0 saturated heterocycles. The minimum Gasteiger partial charge on any atom is -0.507 e. The lowest BCUT2D eigenvalue weighted by Gasteiger charge is -2.08. The van der Waals surface area contributed by atoms with Crippen molar-refractivity contribution in [2.24, 2.45) is 0 Å². The number of phenols is 1. The van der Waals surface area contributed by atoms with E-state index in [-0.39, 0.29) is 0 Å². The third-order valence-corrected chi connectivity index (χ3v) is 3.70. The predicted octanol–water partition coefficient (Wildman–Crippen LogP) is 4.18. The van der Waals surface area contributed by atoms with Gasteiger partial charge in [0.2, 0.25) is 0 Å². The monoisotopic (exact) mass is 274 g/mol. The van der Waals surface area contributed by atoms with Crippen molar-refractivity contribution in [1.29, 1.82) is 0 Å². The number of ether oxygens (including phenoxy) is 1. The molecule has 0 aromatic heterocycles. The third kappa shape index (κ3) is 4.21. The number of hydrogen-bond donors (Lipinski definition) is 1. The first-order valence-electron chi connectivity index (χ1n) is 6.27. The van der Waals surface area contributed by atoms with Crippen molar-refractivity contribution in [3.05, 3.63) is 53.6 Å². The highest BCUT2D eigenvalue weighted by atomic mass is 32.2. The van der Waals surface area contributed by atoms with Crippen molar-refractivity contribution in [3.63, 3.8) is 0 Å². The molecule has 3 heteroatoms. The zero-order chi connectivity index (χ0) is 13.7. The van der Waals surface area contributed by atoms with Crippen molar-refractivity contribution < 1.29 is 9.84 Å². The summed E-state index contributed by atoms with van der Waals surface area (Å²) < 4.78 is 5.73. The molecule has 2 aromatic rings. The van der Waals surface area contributed by atoms with E-state index in [1.165, 1.54) is 11.1 Å². The summed E-state index contributed by atoms with van der Waals surface area (Å²) in [6.45, 7) is 4.76. The number of aryl methyl sites for hydroxylation is 2. The summed E-state index contributed by atoms with van der Waals surface area (Å²) in [4.78, 5) is 0.895. The molecule has 0 aliphatic rings. The second-order valence-corrected chi connectivity index (χ2v) is 5.62. The average molecular weight is 274 g/mol. The van der Waals surface area contributed by atoms with Crippen LogP contribution in [0.15, 0.2) is 47.4 Å². The predicted molar refractivity (Wildman–Crippen MR) is 80.2 cm³/mol. The van der Waals surface area contributed by atoms with E-state index in [0.717, 1.165) is 16.4 Å². The molecule has 19 heavy (non-hydrogen) atoms. The lowest BCUT2D eigenvalue weighted by molar-refractivity contribution is 0.343. The molecule has 1 N–H and O–H groups in total. The summed E-state index contributed by atoms with van der Waals surface area (Å²) >= 11 is 1.60. The average Bonchev–Trinajstić information content (AvgIpc) is 2.35. The number of para-hydroxylation sites is 1. The van der Waals surface area contributed by atoms with Crippen LogP contribution in [0.2, 0.25) is 0 Å². The molecule has 100 valence electrons. The van der Waals surface area contributed by atoms with E-state index in [2.05, 4.69) is 19.9 Å². The van der Waals surface area contributed by atoms with Gasteiger partial charge in [-0.3, -0.25) is 0 Å². The van der Waals surface area contributed by atoms with E-state index in [1.807, 2.05) is 30.3 Å². The van der Waals surface area contributed by atoms with Crippen LogP contribution in [0.5, 0.6) is 11.5 Å². The zero-order valence-electron chi connectivity index (χ0n) is 11.2. The van der Waals surface area contributed by atoms with E-state index in [0.29, 0.717) is 12.4 Å². The molecule has 0 atom stereocenters. The number of phenolic OH excluding ortho intramolecular Hbond substituents is 1. The highest BCUT2D eigenvalue weighted by Gasteiger charge is 2.01. The van der Waals surface area contributed by atoms with E-state index in [4.69, 9.17) is 4.74 Å². The normalized spacial score (nSPS) is 10.4. The lowest BCUT2D eigenvalue weighted by atomic mass is 10.1. The summed E-state index contributed by atoms with van der Waals surface area (Å²) in [7, 11) is 0. The quantitative estimate of drug-likeness (QED) is 0.655. The molecule has 0 aliphatic heterocycles. The van der Waals surface area contributed by atoms with Crippen LogP contribution in [0, 0.1) is 13.8 Å². The maximum absolute atomic E-state index is 9.64. The first kappa shape index (κ1) is 13.8. The highest BCUT2D eigenvalue weighted by Crippen LogP contribution is 2.27. The van der Waals surface area contributed by atoms with Crippen molar-refractivity contribution in [2.45, 2.75) is 18.7 Å². The van der Waals surface area contributed by atoms with Crippen molar-refractivity contribution in [2.75, 3.05) is 12.4 Å². The topological polar surface area (TPSA) is 29.5 Å². The summed E-state index contributed by atoms with van der Waals surface area (Å²) in [5, 5.41) is 9.64. The van der Waals surface area contributed by atoms with Crippen LogP contribution in [-0.4, -0.2) is 17.5 Å². The van der Waals surface area contributed by atoms with Crippen molar-refractivity contribution in [3.8, 4) is 11.5 Å². The second kappa shape index (κ2) is 6.53. The van der Waals surface area contributed by atoms with Gasteiger partial charge in [-0.2, -0.15) is 0 Å². The van der Waals surface area contributed by atoms with Gasteiger partial charge >= 0.3 is 0 Å². The van der Waals surface area contributed by atoms with E-state index in [1.54, 1.807) is 17.8 Å². The molecule has 2 rings (SSSR count). The van der Waals surface area contributed by atoms with Crippen molar-refractivity contribution in [1.82, 2.24) is 0 Å². The van der Waals surface area contributed by atoms with E-state index in [9.17, 15) is 5.11 Å². The fourth-order valence-electron chi connectivity index (χ4n) is 1.91. The van der Waals surface area contributed by atoms with Crippen LogP contribution in [0.3, 0.4) is 0 Å². The molecule has 0 unspecified atom stereocenters. The zero-order valence-corrected chi connectivity index (χ0v) is 12.0. The second-order valence-electron chi connectivity index (χ2n) is 4.49. The Bertz CT molecular complexity index is 532. The molecule has 2 nitrogen and oxygen atoms in total. The van der Waals surface area contributed by atoms with Gasteiger partial charge in [0.05, 0.1) is 6.61 Å². The highest BCUT2D eigenvalue weighted by molar-refractivity contribution is 7.99. The summed E-state index contributed by atoms with van der Waals surface area (Å²) in [6, 6.07) is 13.6. The largest absolute Gasteiger partial charge is 0.507 e. The molecule has 0 fully saturated rings. The van der Waals surface area contributed by atoms with Crippen molar-refractivity contribution >= 4 is 11.8 Å². The standard InChI is InChI=1S/C16H18O2S/c1-12-9-13(2)11-14(10-12)18-7-8-19-16-6-4-3-5-15(16)17/h3-6,9-11,17H,7-8H2,1-2H3. The Hall–Kier alpha value is -1.61. The Morgan fingerprint density at radius 3 is 2.42 bits per heavy atom. The maximum Gasteiger partial charge on any atom is 0.129 e. The van der Waals surface area contributed by atoms with Gasteiger partial charge in [-0.1, -0.05) is 18.2 Å². The van der Waals surface area contributed by atoms with Gasteiger partial charge in [0, 0.05) is 10.6 Å². The Labute approximate surface area is 118 Å². The maximum atomic E-state index is 9.64. The van der Waals surface area contributed by atoms with E-state index < -0.39 is 0 Å². The first-order valence-corrected chi connectivity index (χ1v) is 7.25. The van der Waals surface area contributed by atoms with Gasteiger partial charge in [0.1, 0.15) is 11.5 Å². The van der Waals surface area contributed by atoms with Gasteiger partial charge in [0.25, 0.3) is 0 Å². The van der Waals surface area contributed by atoms with Crippen LogP contribution >= 0.6 is 11.8 Å². The van der Waals surface area contributed by atoms with E-state index >= 15 is 0 Å². The molecule has 2 aromatic carbocycles. The van der Waals surface area contributed by atoms with Gasteiger partial charge in [-0.25, -0.2) is 0 Å². The van der Waals surface area contributed by atoms with Gasteiger partial charge in [0.15, 0.2) is 0 Å². The van der Waals surface area contributed by atoms with Gasteiger partial charge in [-0.15, -0.1) is 11.8 Å². The molecule has 0 bridgehead atoms. The molecule has 0 aliphatic carbocycles. The number of aromatic hydroxyl groups is 1. The molecule has 0 saturated carbocycles. The molecule has 0 heterocycles. The van der Waals surface area contributed by atoms with Crippen LogP contribution in [0.25, 0.3) is 0 Å². The molecular formula is C16H18O2S. The number of benzene rings is 2. The third-order valence-electron chi connectivity index (χ3n) is 2.67. The van der Waals surface area contributed by atoms with Crippen LogP contribution in [0.1, 0.15) is 11.1 Å². The number of rotatable bonds is 5. The molecule has 0 radical (unpaired) electrons. The fourth-order valence-corrected chi connectivity index (χ4v) is 2.68. The van der Waals surface area contributed by atoms with Crippen LogP contribution < -0.4 is 4.74 Å². The van der Waals surface area contributed by atoms with Gasteiger partial charge < -0.3 is 9.84 Å². The number of hydrogen-bond acceptors (Lipinski definition) is 3. The summed E-state index contributed by atoms with van der Waals surface area (Å²) in [5.74, 6) is 2.05. The Balaban J connectivity index is 1.82. The molecular weight excluding hydrogens is 256 g/mol. The lowest BCUT2D eigenvalue weighted by Crippen LogP contribution is -2.00. The summed E-state index contributed by atoms with van der Waals surface area (Å²) in [5.41, 5.74) is 2.42. The fraction of sp³-hybridized carbons (Fsp3) is 0.250. The Morgan fingerprint density at radius 2 is 1.74 bits per heavy atom. The smallest absolute Gasteiger partial charge is 0.129 e. The minimum atomic E-state index is 0.332. The Kier molecular flexibility index (Phi) is 4.74. The van der Waals surface area contributed by atoms with Crippen LogP contribution in [-0.2, 0) is 0 Å². The van der Waals surface area contributed by atoms with Crippen LogP contribution in [0.4, 0.5) is 0 Å². The molecule has 0 spiro atoms. The number of thioether (sulfide) groups is 1. The minimum absolute atomic E-state index is 0.332. The van der Waals surface area contributed by atoms with Gasteiger partial charge in [-0.05, 0) is 49.2 Å². The molecule has 0 amide bonds. The SMILES string of the molecule is Cc1cc(C)cc(OCCSc2ccccc2O)c1. The Morgan fingerprint density at radius 1 is 1.05 bits per heavy atom. The first-order chi connectivity index (χ1) is 9.15.